The van der Waals surface area contributed by atoms with Gasteiger partial charge in [-0.3, -0.25) is 14.2 Å². The molecule has 1 amide bonds. The summed E-state index contributed by atoms with van der Waals surface area (Å²) in [6.07, 6.45) is 8.72. The van der Waals surface area contributed by atoms with Crippen LogP contribution in [0.3, 0.4) is 0 Å². The van der Waals surface area contributed by atoms with E-state index in [-0.39, 0.29) is 23.3 Å². The molecule has 1 fully saturated rings. The molecule has 1 aromatic carbocycles. The van der Waals surface area contributed by atoms with Gasteiger partial charge < -0.3 is 5.32 Å². The minimum absolute atomic E-state index is 0.0796. The number of carbonyl (C=O) groups excluding carboxylic acids is 1. The molecule has 0 bridgehead atoms. The van der Waals surface area contributed by atoms with E-state index >= 15 is 0 Å². The quantitative estimate of drug-likeness (QED) is 0.439. The fourth-order valence-electron chi connectivity index (χ4n) is 4.63. The van der Waals surface area contributed by atoms with Crippen LogP contribution in [0.15, 0.2) is 40.3 Å². The number of amides is 1. The lowest BCUT2D eigenvalue weighted by Gasteiger charge is -2.18. The highest BCUT2D eigenvalue weighted by Crippen LogP contribution is 2.37. The molecule has 2 aliphatic rings. The van der Waals surface area contributed by atoms with Crippen molar-refractivity contribution in [3.05, 3.63) is 51.1 Å². The summed E-state index contributed by atoms with van der Waals surface area (Å²) in [5, 5.41) is 4.46. The molecule has 0 radical (unpaired) electrons. The lowest BCUT2D eigenvalue weighted by atomic mass is 9.97. The number of hydrogen-bond donors (Lipinski definition) is 1. The fraction of sp³-hybridized carbons (Fsp3) is 0.435. The Morgan fingerprint density at radius 3 is 2.70 bits per heavy atom. The second-order valence-corrected chi connectivity index (χ2v) is 10.1. The molecule has 5 nitrogen and oxygen atoms in total. The van der Waals surface area contributed by atoms with Crippen LogP contribution in [-0.2, 0) is 17.6 Å². The van der Waals surface area contributed by atoms with E-state index in [2.05, 4.69) is 5.32 Å². The Morgan fingerprint density at radius 1 is 1.13 bits per heavy atom. The van der Waals surface area contributed by atoms with Crippen molar-refractivity contribution in [2.45, 2.75) is 62.6 Å². The number of thioether (sulfide) groups is 1. The second-order valence-electron chi connectivity index (χ2n) is 8.10. The van der Waals surface area contributed by atoms with Crippen LogP contribution in [0.5, 0.6) is 0 Å². The average Bonchev–Trinajstić information content (AvgIpc) is 3.40. The predicted octanol–water partition coefficient (Wildman–Crippen LogP) is 5.18. The van der Waals surface area contributed by atoms with Gasteiger partial charge in [0.1, 0.15) is 4.83 Å². The van der Waals surface area contributed by atoms with Gasteiger partial charge in [0.25, 0.3) is 5.56 Å². The van der Waals surface area contributed by atoms with E-state index in [4.69, 9.17) is 4.98 Å². The van der Waals surface area contributed by atoms with Crippen LogP contribution in [0, 0.1) is 0 Å². The first kappa shape index (κ1) is 19.8. The van der Waals surface area contributed by atoms with Crippen molar-refractivity contribution in [3.8, 4) is 0 Å². The van der Waals surface area contributed by atoms with E-state index in [9.17, 15) is 9.59 Å². The molecule has 7 heteroatoms. The maximum atomic E-state index is 13.6. The molecule has 5 rings (SSSR count). The van der Waals surface area contributed by atoms with Crippen molar-refractivity contribution in [1.29, 1.82) is 0 Å². The summed E-state index contributed by atoms with van der Waals surface area (Å²) >= 11 is 3.06. The molecule has 2 heterocycles. The van der Waals surface area contributed by atoms with Crippen LogP contribution in [0.4, 0.5) is 5.69 Å². The summed E-state index contributed by atoms with van der Waals surface area (Å²) in [6.45, 7) is 0. The van der Waals surface area contributed by atoms with Crippen molar-refractivity contribution in [2.75, 3.05) is 11.1 Å². The number of fused-ring (bicyclic) bond motifs is 3. The van der Waals surface area contributed by atoms with Gasteiger partial charge in [0.2, 0.25) is 5.91 Å². The minimum Gasteiger partial charge on any atom is -0.325 e. The van der Waals surface area contributed by atoms with E-state index in [1.54, 1.807) is 11.3 Å². The number of carbonyl (C=O) groups is 1. The largest absolute Gasteiger partial charge is 0.325 e. The summed E-state index contributed by atoms with van der Waals surface area (Å²) in [4.78, 5) is 33.2. The zero-order chi connectivity index (χ0) is 20.5. The van der Waals surface area contributed by atoms with Crippen molar-refractivity contribution in [3.63, 3.8) is 0 Å². The number of hydrogen-bond acceptors (Lipinski definition) is 5. The number of nitrogens with zero attached hydrogens (tertiary/aromatic N) is 2. The lowest BCUT2D eigenvalue weighted by Crippen LogP contribution is -2.27. The SMILES string of the molecule is O=C(CSc1nc2sc3c(c2c(=O)n1C1CCCC1)CCCC3)Nc1ccccc1. The van der Waals surface area contributed by atoms with Crippen molar-refractivity contribution >= 4 is 44.9 Å². The third-order valence-corrected chi connectivity index (χ3v) is 8.21. The summed E-state index contributed by atoms with van der Waals surface area (Å²) in [5.41, 5.74) is 2.13. The molecule has 0 aliphatic heterocycles. The van der Waals surface area contributed by atoms with Crippen LogP contribution < -0.4 is 10.9 Å². The highest BCUT2D eigenvalue weighted by atomic mass is 32.2. The van der Waals surface area contributed by atoms with Crippen LogP contribution in [0.2, 0.25) is 0 Å². The minimum atomic E-state index is -0.0796. The predicted molar refractivity (Wildman–Crippen MR) is 124 cm³/mol. The number of aromatic nitrogens is 2. The number of aryl methyl sites for hydroxylation is 2. The Kier molecular flexibility index (Phi) is 5.65. The number of benzene rings is 1. The third-order valence-electron chi connectivity index (χ3n) is 6.07. The van der Waals surface area contributed by atoms with Gasteiger partial charge in [-0.05, 0) is 56.2 Å². The molecule has 30 heavy (non-hydrogen) atoms. The summed E-state index contributed by atoms with van der Waals surface area (Å²) in [7, 11) is 0. The molecule has 156 valence electrons. The second kappa shape index (κ2) is 8.55. The number of para-hydroxylation sites is 1. The number of anilines is 1. The maximum absolute atomic E-state index is 13.6. The van der Waals surface area contributed by atoms with E-state index in [1.807, 2.05) is 34.9 Å². The van der Waals surface area contributed by atoms with Gasteiger partial charge in [-0.15, -0.1) is 11.3 Å². The molecule has 0 spiro atoms. The van der Waals surface area contributed by atoms with Gasteiger partial charge in [-0.25, -0.2) is 4.98 Å². The van der Waals surface area contributed by atoms with Crippen LogP contribution in [0.25, 0.3) is 10.2 Å². The standard InChI is InChI=1S/C23H25N3O2S2/c27-19(24-15-8-2-1-3-9-15)14-29-23-25-21-20(17-12-6-7-13-18(17)30-21)22(28)26(23)16-10-4-5-11-16/h1-3,8-9,16H,4-7,10-14H2,(H,24,27). The van der Waals surface area contributed by atoms with E-state index in [1.165, 1.54) is 28.6 Å². The van der Waals surface area contributed by atoms with E-state index < -0.39 is 0 Å². The molecule has 1 saturated carbocycles. The normalized spacial score (nSPS) is 16.7. The highest BCUT2D eigenvalue weighted by molar-refractivity contribution is 7.99. The Labute approximate surface area is 183 Å². The van der Waals surface area contributed by atoms with Crippen LogP contribution >= 0.6 is 23.1 Å². The monoisotopic (exact) mass is 439 g/mol. The number of nitrogens with one attached hydrogen (secondary N) is 1. The molecule has 2 aromatic heterocycles. The van der Waals surface area contributed by atoms with Crippen molar-refractivity contribution < 1.29 is 4.79 Å². The molecule has 2 aliphatic carbocycles. The lowest BCUT2D eigenvalue weighted by molar-refractivity contribution is -0.113. The smallest absolute Gasteiger partial charge is 0.263 e. The Balaban J connectivity index is 1.48. The van der Waals surface area contributed by atoms with Gasteiger partial charge in [-0.1, -0.05) is 42.8 Å². The van der Waals surface area contributed by atoms with Gasteiger partial charge >= 0.3 is 0 Å². The van der Waals surface area contributed by atoms with Gasteiger partial charge in [-0.2, -0.15) is 0 Å². The average molecular weight is 440 g/mol. The Hall–Kier alpha value is -2.12. The zero-order valence-corrected chi connectivity index (χ0v) is 18.5. The molecule has 3 aromatic rings. The first-order chi connectivity index (χ1) is 14.7. The molecule has 0 atom stereocenters. The first-order valence-electron chi connectivity index (χ1n) is 10.7. The third kappa shape index (κ3) is 3.81. The maximum Gasteiger partial charge on any atom is 0.263 e. The fourth-order valence-corrected chi connectivity index (χ4v) is 6.80. The molecule has 0 saturated heterocycles. The summed E-state index contributed by atoms with van der Waals surface area (Å²) in [6, 6.07) is 9.66. The van der Waals surface area contributed by atoms with Crippen LogP contribution in [-0.4, -0.2) is 21.2 Å². The van der Waals surface area contributed by atoms with Gasteiger partial charge in [0.05, 0.1) is 11.1 Å². The number of rotatable bonds is 5. The zero-order valence-electron chi connectivity index (χ0n) is 16.9. The molecular weight excluding hydrogens is 414 g/mol. The number of thiophene rings is 1. The Morgan fingerprint density at radius 2 is 1.90 bits per heavy atom. The van der Waals surface area contributed by atoms with Crippen molar-refractivity contribution in [1.82, 2.24) is 9.55 Å². The topological polar surface area (TPSA) is 64.0 Å². The van der Waals surface area contributed by atoms with E-state index in [0.717, 1.165) is 60.8 Å². The molecule has 0 unspecified atom stereocenters. The van der Waals surface area contributed by atoms with Gasteiger partial charge in [0.15, 0.2) is 5.16 Å². The Bertz CT molecular complexity index is 1130. The van der Waals surface area contributed by atoms with Gasteiger partial charge in [0, 0.05) is 16.6 Å². The molecule has 1 N–H and O–H groups in total. The van der Waals surface area contributed by atoms with E-state index in [0.29, 0.717) is 5.16 Å². The van der Waals surface area contributed by atoms with Crippen LogP contribution in [0.1, 0.15) is 55.0 Å². The first-order valence-corrected chi connectivity index (χ1v) is 12.6. The highest BCUT2D eigenvalue weighted by Gasteiger charge is 2.27. The summed E-state index contributed by atoms with van der Waals surface area (Å²) in [5.74, 6) is 0.161. The molecular formula is C23H25N3O2S2. The summed E-state index contributed by atoms with van der Waals surface area (Å²) < 4.78 is 1.91. The van der Waals surface area contributed by atoms with Crippen molar-refractivity contribution in [2.24, 2.45) is 0 Å².